The zero-order valence-corrected chi connectivity index (χ0v) is 19.3. The first-order chi connectivity index (χ1) is 16.2. The Morgan fingerprint density at radius 1 is 1.12 bits per heavy atom. The van der Waals surface area contributed by atoms with E-state index in [9.17, 15) is 9.18 Å². The molecule has 4 rings (SSSR count). The molecule has 11 heteroatoms. The number of fused-ring (bicyclic) bond motifs is 1. The highest BCUT2D eigenvalue weighted by atomic mass is 19.1. The fourth-order valence-corrected chi connectivity index (χ4v) is 3.16. The molecule has 0 spiro atoms. The van der Waals surface area contributed by atoms with Crippen LogP contribution in [0.1, 0.15) is 20.8 Å². The van der Waals surface area contributed by atoms with Crippen molar-refractivity contribution in [1.82, 2.24) is 15.0 Å². The topological polar surface area (TPSA) is 111 Å². The van der Waals surface area contributed by atoms with Gasteiger partial charge in [-0.1, -0.05) is 0 Å². The van der Waals surface area contributed by atoms with Crippen LogP contribution in [0, 0.1) is 5.82 Å². The van der Waals surface area contributed by atoms with Crippen LogP contribution in [-0.4, -0.2) is 46.9 Å². The van der Waals surface area contributed by atoms with Gasteiger partial charge in [0, 0.05) is 11.8 Å². The molecule has 34 heavy (non-hydrogen) atoms. The zero-order chi connectivity index (χ0) is 24.3. The predicted molar refractivity (Wildman–Crippen MR) is 125 cm³/mol. The molecule has 178 valence electrons. The van der Waals surface area contributed by atoms with E-state index in [4.69, 9.17) is 14.2 Å². The van der Waals surface area contributed by atoms with Gasteiger partial charge < -0.3 is 24.8 Å². The minimum Gasteiger partial charge on any atom is -0.490 e. The molecule has 0 radical (unpaired) electrons. The quantitative estimate of drug-likeness (QED) is 0.553. The number of methoxy groups -OCH3 is 1. The monoisotopic (exact) mass is 468 g/mol. The minimum atomic E-state index is -0.642. The van der Waals surface area contributed by atoms with Gasteiger partial charge in [0.05, 0.1) is 37.4 Å². The average Bonchev–Trinajstić information content (AvgIpc) is 2.80. The molecule has 1 amide bonds. The highest BCUT2D eigenvalue weighted by Crippen LogP contribution is 2.36. The third-order valence-electron chi connectivity index (χ3n) is 4.64. The van der Waals surface area contributed by atoms with Crippen molar-refractivity contribution in [1.29, 1.82) is 0 Å². The number of amides is 1. The Balaban J connectivity index is 1.55. The van der Waals surface area contributed by atoms with Gasteiger partial charge in [-0.25, -0.2) is 19.2 Å². The summed E-state index contributed by atoms with van der Waals surface area (Å²) in [5.74, 6) is 0.480. The lowest BCUT2D eigenvalue weighted by Crippen LogP contribution is -2.41. The van der Waals surface area contributed by atoms with Gasteiger partial charge in [0.2, 0.25) is 11.8 Å². The lowest BCUT2D eigenvalue weighted by atomic mass is 10.2. The highest BCUT2D eigenvalue weighted by Gasteiger charge is 2.28. The molecular weight excluding hydrogens is 443 g/mol. The number of halogens is 1. The first kappa shape index (κ1) is 23.0. The third kappa shape index (κ3) is 5.42. The van der Waals surface area contributed by atoms with Crippen molar-refractivity contribution in [2.24, 2.45) is 0 Å². The van der Waals surface area contributed by atoms with Gasteiger partial charge in [-0.05, 0) is 45.0 Å². The summed E-state index contributed by atoms with van der Waals surface area (Å²) >= 11 is 0. The first-order valence-electron chi connectivity index (χ1n) is 10.6. The Labute approximate surface area is 196 Å². The second-order valence-electron chi connectivity index (χ2n) is 8.39. The van der Waals surface area contributed by atoms with Crippen LogP contribution in [-0.2, 0) is 4.74 Å². The molecule has 0 fully saturated rings. The number of ether oxygens (including phenoxy) is 3. The normalized spacial score (nSPS) is 12.9. The van der Waals surface area contributed by atoms with E-state index in [1.807, 2.05) is 0 Å². The van der Waals surface area contributed by atoms with Crippen molar-refractivity contribution in [3.05, 3.63) is 48.5 Å². The average molecular weight is 468 g/mol. The number of carbonyl (C=O) groups is 1. The Morgan fingerprint density at radius 3 is 2.62 bits per heavy atom. The summed E-state index contributed by atoms with van der Waals surface area (Å²) in [7, 11) is 1.52. The maximum absolute atomic E-state index is 14.5. The molecule has 1 aromatic carbocycles. The van der Waals surface area contributed by atoms with E-state index in [0.29, 0.717) is 41.8 Å². The van der Waals surface area contributed by atoms with Gasteiger partial charge in [-0.15, -0.1) is 0 Å². The largest absolute Gasteiger partial charge is 0.490 e. The molecule has 1 aliphatic rings. The van der Waals surface area contributed by atoms with Gasteiger partial charge in [0.1, 0.15) is 18.0 Å². The summed E-state index contributed by atoms with van der Waals surface area (Å²) in [5.41, 5.74) is 0.991. The van der Waals surface area contributed by atoms with Crippen LogP contribution in [0.25, 0.3) is 0 Å². The summed E-state index contributed by atoms with van der Waals surface area (Å²) < 4.78 is 30.7. The minimum absolute atomic E-state index is 0.0422. The van der Waals surface area contributed by atoms with Crippen molar-refractivity contribution in [3.63, 3.8) is 0 Å². The second kappa shape index (κ2) is 9.38. The number of nitrogens with one attached hydrogen (secondary N) is 2. The van der Waals surface area contributed by atoms with E-state index in [-0.39, 0.29) is 11.8 Å². The molecule has 1 aliphatic heterocycles. The smallest absolute Gasteiger partial charge is 0.415 e. The maximum atomic E-state index is 14.5. The van der Waals surface area contributed by atoms with Crippen molar-refractivity contribution in [2.75, 3.05) is 35.8 Å². The summed E-state index contributed by atoms with van der Waals surface area (Å²) in [6, 6.07) is 8.51. The van der Waals surface area contributed by atoms with E-state index in [1.165, 1.54) is 12.0 Å². The molecule has 3 heterocycles. The molecular formula is C23H25FN6O4. The van der Waals surface area contributed by atoms with Crippen molar-refractivity contribution in [2.45, 2.75) is 26.4 Å². The molecule has 0 atom stereocenters. The molecule has 2 aromatic heterocycles. The van der Waals surface area contributed by atoms with Crippen LogP contribution in [0.5, 0.6) is 11.6 Å². The number of pyridine rings is 1. The number of hydrogen-bond donors (Lipinski definition) is 2. The summed E-state index contributed by atoms with van der Waals surface area (Å²) in [6.07, 6.45) is 2.12. The molecule has 0 bridgehead atoms. The van der Waals surface area contributed by atoms with E-state index in [1.54, 1.807) is 57.3 Å². The SMILES string of the molecule is COc1ccc(Nc2ncc(F)c(Nc3ccc4c(c3)N(C(=O)OC(C)(C)C)CCO4)n2)cn1. The van der Waals surface area contributed by atoms with E-state index in [2.05, 4.69) is 25.6 Å². The van der Waals surface area contributed by atoms with Crippen LogP contribution in [0.4, 0.5) is 38.0 Å². The van der Waals surface area contributed by atoms with E-state index >= 15 is 0 Å². The fraction of sp³-hybridized carbons (Fsp3) is 0.304. The maximum Gasteiger partial charge on any atom is 0.415 e. The number of carbonyl (C=O) groups excluding carboxylic acids is 1. The first-order valence-corrected chi connectivity index (χ1v) is 10.6. The van der Waals surface area contributed by atoms with Crippen molar-refractivity contribution in [3.8, 4) is 11.6 Å². The molecule has 0 saturated heterocycles. The predicted octanol–water partition coefficient (Wildman–Crippen LogP) is 4.64. The molecule has 0 saturated carbocycles. The third-order valence-corrected chi connectivity index (χ3v) is 4.64. The standard InChI is InChI=1S/C23H25FN6O4/c1-23(2,3)34-22(31)30-9-10-33-18-7-5-14(11-17(18)30)27-20-16(24)13-26-21(29-20)28-15-6-8-19(32-4)25-12-15/h5-8,11-13H,9-10H2,1-4H3,(H2,26,27,28,29). The second-order valence-corrected chi connectivity index (χ2v) is 8.39. The molecule has 3 aromatic rings. The van der Waals surface area contributed by atoms with Gasteiger partial charge in [-0.3, -0.25) is 4.90 Å². The van der Waals surface area contributed by atoms with Crippen molar-refractivity contribution >= 4 is 34.9 Å². The van der Waals surface area contributed by atoms with E-state index < -0.39 is 17.5 Å². The zero-order valence-electron chi connectivity index (χ0n) is 19.3. The van der Waals surface area contributed by atoms with Gasteiger partial charge >= 0.3 is 6.09 Å². The summed E-state index contributed by atoms with van der Waals surface area (Å²) in [4.78, 5) is 26.5. The summed E-state index contributed by atoms with van der Waals surface area (Å²) in [6.45, 7) is 6.08. The van der Waals surface area contributed by atoms with E-state index in [0.717, 1.165) is 6.20 Å². The number of aromatic nitrogens is 3. The number of nitrogens with zero attached hydrogens (tertiary/aromatic N) is 4. The van der Waals surface area contributed by atoms with Gasteiger partial charge in [0.25, 0.3) is 0 Å². The molecule has 2 N–H and O–H groups in total. The summed E-state index contributed by atoms with van der Waals surface area (Å²) in [5, 5.41) is 5.90. The Hall–Kier alpha value is -4.15. The number of anilines is 5. The molecule has 10 nitrogen and oxygen atoms in total. The molecule has 0 unspecified atom stereocenters. The van der Waals surface area contributed by atoms with Crippen LogP contribution in [0.15, 0.2) is 42.7 Å². The van der Waals surface area contributed by atoms with Crippen molar-refractivity contribution < 1.29 is 23.4 Å². The number of hydrogen-bond acceptors (Lipinski definition) is 9. The Kier molecular flexibility index (Phi) is 6.35. The lowest BCUT2D eigenvalue weighted by molar-refractivity contribution is 0.0568. The van der Waals surface area contributed by atoms with Crippen LogP contribution >= 0.6 is 0 Å². The van der Waals surface area contributed by atoms with Crippen LogP contribution < -0.4 is 25.0 Å². The molecule has 0 aliphatic carbocycles. The van der Waals surface area contributed by atoms with Crippen LogP contribution in [0.3, 0.4) is 0 Å². The fourth-order valence-electron chi connectivity index (χ4n) is 3.16. The van der Waals surface area contributed by atoms with Gasteiger partial charge in [-0.2, -0.15) is 4.98 Å². The lowest BCUT2D eigenvalue weighted by Gasteiger charge is -2.31. The Bertz CT molecular complexity index is 1180. The van der Waals surface area contributed by atoms with Crippen LogP contribution in [0.2, 0.25) is 0 Å². The number of rotatable bonds is 5. The highest BCUT2D eigenvalue weighted by molar-refractivity contribution is 5.91. The Morgan fingerprint density at radius 2 is 1.91 bits per heavy atom. The number of benzene rings is 1. The van der Waals surface area contributed by atoms with Gasteiger partial charge in [0.15, 0.2) is 11.6 Å².